The number of aromatic nitrogens is 4. The van der Waals surface area contributed by atoms with Gasteiger partial charge >= 0.3 is 0 Å². The van der Waals surface area contributed by atoms with Crippen molar-refractivity contribution in [1.29, 1.82) is 0 Å². The van der Waals surface area contributed by atoms with Crippen LogP contribution in [0.5, 0.6) is 0 Å². The standard InChI is InChI=1S/C15H19N5O/c1-11(21)20-7-3-4-12(9-20)14-15(18-6-5-17-14)13-8-16-10-19(13)2/h5-6,8,10,12H,3-4,7,9H2,1-2H3. The maximum absolute atomic E-state index is 11.6. The molecule has 0 aliphatic carbocycles. The Balaban J connectivity index is 1.96. The van der Waals surface area contributed by atoms with Gasteiger partial charge < -0.3 is 9.47 Å². The van der Waals surface area contributed by atoms with Crippen molar-refractivity contribution in [3.63, 3.8) is 0 Å². The lowest BCUT2D eigenvalue weighted by molar-refractivity contribution is -0.130. The van der Waals surface area contributed by atoms with Crippen molar-refractivity contribution in [3.8, 4) is 11.4 Å². The minimum atomic E-state index is 0.130. The lowest BCUT2D eigenvalue weighted by Crippen LogP contribution is -2.38. The molecule has 2 aromatic heterocycles. The van der Waals surface area contributed by atoms with Gasteiger partial charge in [-0.25, -0.2) is 4.98 Å². The van der Waals surface area contributed by atoms with Gasteiger partial charge in [0, 0.05) is 45.4 Å². The highest BCUT2D eigenvalue weighted by atomic mass is 16.2. The van der Waals surface area contributed by atoms with Gasteiger partial charge in [-0.1, -0.05) is 0 Å². The fraction of sp³-hybridized carbons (Fsp3) is 0.467. The van der Waals surface area contributed by atoms with E-state index in [2.05, 4.69) is 15.0 Å². The zero-order chi connectivity index (χ0) is 14.8. The number of amides is 1. The van der Waals surface area contributed by atoms with Crippen molar-refractivity contribution in [2.75, 3.05) is 13.1 Å². The van der Waals surface area contributed by atoms with E-state index in [1.165, 1.54) is 0 Å². The second-order valence-corrected chi connectivity index (χ2v) is 5.48. The zero-order valence-corrected chi connectivity index (χ0v) is 12.4. The summed E-state index contributed by atoms with van der Waals surface area (Å²) in [6, 6.07) is 0. The molecule has 6 nitrogen and oxygen atoms in total. The van der Waals surface area contributed by atoms with Gasteiger partial charge in [0.05, 0.1) is 23.9 Å². The van der Waals surface area contributed by atoms with Gasteiger partial charge in [0.1, 0.15) is 5.69 Å². The second kappa shape index (κ2) is 5.63. The first-order chi connectivity index (χ1) is 10.2. The van der Waals surface area contributed by atoms with Crippen LogP contribution in [0, 0.1) is 0 Å². The molecule has 1 amide bonds. The molecule has 1 atom stereocenters. The molecule has 1 aliphatic heterocycles. The van der Waals surface area contributed by atoms with E-state index in [-0.39, 0.29) is 11.8 Å². The largest absolute Gasteiger partial charge is 0.342 e. The van der Waals surface area contributed by atoms with E-state index in [9.17, 15) is 4.79 Å². The Labute approximate surface area is 123 Å². The highest BCUT2D eigenvalue weighted by molar-refractivity contribution is 5.73. The lowest BCUT2D eigenvalue weighted by atomic mass is 9.92. The van der Waals surface area contributed by atoms with Gasteiger partial charge in [-0.3, -0.25) is 14.8 Å². The Morgan fingerprint density at radius 3 is 2.86 bits per heavy atom. The molecule has 1 unspecified atom stereocenters. The SMILES string of the molecule is CC(=O)N1CCCC(c2nccnc2-c2cncn2C)C1. The number of likely N-dealkylation sites (tertiary alicyclic amines) is 1. The number of aryl methyl sites for hydroxylation is 1. The minimum absolute atomic E-state index is 0.130. The number of hydrogen-bond acceptors (Lipinski definition) is 4. The molecule has 3 rings (SSSR count). The summed E-state index contributed by atoms with van der Waals surface area (Å²) in [5, 5.41) is 0. The van der Waals surface area contributed by atoms with Crippen LogP contribution in [0.4, 0.5) is 0 Å². The molecule has 0 N–H and O–H groups in total. The molecule has 1 aliphatic rings. The molecule has 1 fully saturated rings. The van der Waals surface area contributed by atoms with E-state index < -0.39 is 0 Å². The third kappa shape index (κ3) is 2.66. The fourth-order valence-corrected chi connectivity index (χ4v) is 2.92. The average molecular weight is 285 g/mol. The number of imidazole rings is 1. The predicted octanol–water partition coefficient (Wildman–Crippen LogP) is 1.60. The highest BCUT2D eigenvalue weighted by Gasteiger charge is 2.27. The summed E-state index contributed by atoms with van der Waals surface area (Å²) in [4.78, 5) is 26.7. The minimum Gasteiger partial charge on any atom is -0.342 e. The van der Waals surface area contributed by atoms with Crippen LogP contribution in [0.15, 0.2) is 24.9 Å². The van der Waals surface area contributed by atoms with Crippen molar-refractivity contribution in [3.05, 3.63) is 30.6 Å². The van der Waals surface area contributed by atoms with Crippen LogP contribution in [0.2, 0.25) is 0 Å². The number of nitrogens with zero attached hydrogens (tertiary/aromatic N) is 5. The van der Waals surface area contributed by atoms with E-state index in [1.807, 2.05) is 16.5 Å². The molecule has 0 saturated carbocycles. The normalized spacial score (nSPS) is 18.8. The Kier molecular flexibility index (Phi) is 3.68. The zero-order valence-electron chi connectivity index (χ0n) is 12.4. The van der Waals surface area contributed by atoms with Crippen molar-refractivity contribution in [2.24, 2.45) is 7.05 Å². The van der Waals surface area contributed by atoms with Crippen molar-refractivity contribution < 1.29 is 4.79 Å². The van der Waals surface area contributed by atoms with Crippen LogP contribution in [-0.4, -0.2) is 43.4 Å². The maximum Gasteiger partial charge on any atom is 0.219 e. The average Bonchev–Trinajstić information content (AvgIpc) is 2.93. The van der Waals surface area contributed by atoms with Gasteiger partial charge in [0.25, 0.3) is 0 Å². The summed E-state index contributed by atoms with van der Waals surface area (Å²) in [5.41, 5.74) is 2.79. The number of carbonyl (C=O) groups is 1. The summed E-state index contributed by atoms with van der Waals surface area (Å²) in [6.45, 7) is 3.19. The fourth-order valence-electron chi connectivity index (χ4n) is 2.92. The first-order valence-corrected chi connectivity index (χ1v) is 7.20. The topological polar surface area (TPSA) is 63.9 Å². The summed E-state index contributed by atoms with van der Waals surface area (Å²) in [6.07, 6.45) is 9.04. The van der Waals surface area contributed by atoms with Gasteiger partial charge in [0.15, 0.2) is 0 Å². The third-order valence-electron chi connectivity index (χ3n) is 4.04. The smallest absolute Gasteiger partial charge is 0.219 e. The van der Waals surface area contributed by atoms with E-state index in [4.69, 9.17) is 0 Å². The molecule has 6 heteroatoms. The number of carbonyl (C=O) groups excluding carboxylic acids is 1. The van der Waals surface area contributed by atoms with Crippen molar-refractivity contribution in [1.82, 2.24) is 24.4 Å². The first-order valence-electron chi connectivity index (χ1n) is 7.20. The van der Waals surface area contributed by atoms with Crippen LogP contribution in [0.3, 0.4) is 0 Å². The number of piperidine rings is 1. The van der Waals surface area contributed by atoms with E-state index in [1.54, 1.807) is 31.8 Å². The van der Waals surface area contributed by atoms with Gasteiger partial charge in [-0.15, -0.1) is 0 Å². The van der Waals surface area contributed by atoms with Crippen LogP contribution in [0.1, 0.15) is 31.4 Å². The molecular formula is C15H19N5O. The quantitative estimate of drug-likeness (QED) is 0.841. The molecule has 21 heavy (non-hydrogen) atoms. The van der Waals surface area contributed by atoms with E-state index in [0.717, 1.165) is 43.0 Å². The summed E-state index contributed by atoms with van der Waals surface area (Å²) >= 11 is 0. The van der Waals surface area contributed by atoms with E-state index in [0.29, 0.717) is 0 Å². The van der Waals surface area contributed by atoms with Gasteiger partial charge in [0.2, 0.25) is 5.91 Å². The highest BCUT2D eigenvalue weighted by Crippen LogP contribution is 2.31. The lowest BCUT2D eigenvalue weighted by Gasteiger charge is -2.32. The van der Waals surface area contributed by atoms with Crippen molar-refractivity contribution in [2.45, 2.75) is 25.7 Å². The maximum atomic E-state index is 11.6. The summed E-state index contributed by atoms with van der Waals surface area (Å²) in [7, 11) is 1.95. The number of hydrogen-bond donors (Lipinski definition) is 0. The third-order valence-corrected chi connectivity index (χ3v) is 4.04. The monoisotopic (exact) mass is 285 g/mol. The molecule has 0 radical (unpaired) electrons. The summed E-state index contributed by atoms with van der Waals surface area (Å²) < 4.78 is 1.94. The van der Waals surface area contributed by atoms with E-state index >= 15 is 0 Å². The summed E-state index contributed by atoms with van der Waals surface area (Å²) in [5.74, 6) is 0.368. The molecule has 0 spiro atoms. The Hall–Kier alpha value is -2.24. The molecule has 2 aromatic rings. The second-order valence-electron chi connectivity index (χ2n) is 5.48. The Morgan fingerprint density at radius 2 is 2.14 bits per heavy atom. The molecule has 1 saturated heterocycles. The molecular weight excluding hydrogens is 266 g/mol. The molecule has 110 valence electrons. The van der Waals surface area contributed by atoms with Crippen LogP contribution in [-0.2, 0) is 11.8 Å². The molecule has 0 bridgehead atoms. The predicted molar refractivity (Wildman–Crippen MR) is 78.5 cm³/mol. The van der Waals surface area contributed by atoms with Crippen LogP contribution >= 0.6 is 0 Å². The molecule has 0 aromatic carbocycles. The van der Waals surface area contributed by atoms with Crippen LogP contribution in [0.25, 0.3) is 11.4 Å². The molecule has 3 heterocycles. The number of rotatable bonds is 2. The van der Waals surface area contributed by atoms with Crippen LogP contribution < -0.4 is 0 Å². The van der Waals surface area contributed by atoms with Crippen molar-refractivity contribution >= 4 is 5.91 Å². The van der Waals surface area contributed by atoms with Gasteiger partial charge in [-0.2, -0.15) is 0 Å². The Bertz CT molecular complexity index is 651. The van der Waals surface area contributed by atoms with Gasteiger partial charge in [-0.05, 0) is 12.8 Å². The first kappa shape index (κ1) is 13.7. The Morgan fingerprint density at radius 1 is 1.33 bits per heavy atom.